The van der Waals surface area contributed by atoms with E-state index in [-0.39, 0.29) is 0 Å². The van der Waals surface area contributed by atoms with Crippen molar-refractivity contribution in [3.63, 3.8) is 0 Å². The number of hydrogen-bond acceptors (Lipinski definition) is 3. The van der Waals surface area contributed by atoms with Gasteiger partial charge in [-0.2, -0.15) is 21.8 Å². The topological polar surface area (TPSA) is 51.8 Å². The first kappa shape index (κ1) is 10.7. The molecule has 1 aromatic rings. The van der Waals surface area contributed by atoms with E-state index in [0.29, 0.717) is 0 Å². The Morgan fingerprint density at radius 3 is 1.59 bits per heavy atom. The maximum atomic E-state index is 6.21. The van der Waals surface area contributed by atoms with Gasteiger partial charge in [-0.1, -0.05) is 24.3 Å². The van der Waals surface area contributed by atoms with Crippen LogP contribution in [0.2, 0.25) is 0 Å². The van der Waals surface area contributed by atoms with E-state index in [9.17, 15) is 0 Å². The average Bonchev–Trinajstić information content (AvgIpc) is 3.02. The van der Waals surface area contributed by atoms with Crippen molar-refractivity contribution in [3.05, 3.63) is 52.3 Å². The predicted molar refractivity (Wildman–Crippen MR) is 77.5 cm³/mol. The Labute approximate surface area is 106 Å². The molecule has 0 aliphatic carbocycles. The standard InChI is InChI=1S/C12H13N3S2/c13-10-11(16-5-1-2-6-16)14-9-15-12(10)17-7-3-4-8-17/h1-9,16-17H,13H2. The van der Waals surface area contributed by atoms with Gasteiger partial charge in [-0.3, -0.25) is 0 Å². The molecule has 0 amide bonds. The van der Waals surface area contributed by atoms with Crippen LogP contribution in [0.5, 0.6) is 0 Å². The molecule has 0 bridgehead atoms. The van der Waals surface area contributed by atoms with Crippen molar-refractivity contribution in [1.82, 2.24) is 9.97 Å². The van der Waals surface area contributed by atoms with Crippen LogP contribution in [-0.2, 0) is 0 Å². The van der Waals surface area contributed by atoms with E-state index in [4.69, 9.17) is 5.73 Å². The molecule has 5 heteroatoms. The highest BCUT2D eigenvalue weighted by Crippen LogP contribution is 2.49. The second-order valence-corrected chi connectivity index (χ2v) is 7.28. The SMILES string of the molecule is Nc1c([SH]2C=CC=C2)ncnc1[SH]1C=CC=C1. The predicted octanol–water partition coefficient (Wildman–Crippen LogP) is 2.86. The molecule has 2 aliphatic rings. The third-order valence-corrected chi connectivity index (χ3v) is 6.20. The molecular weight excluding hydrogens is 250 g/mol. The zero-order valence-electron chi connectivity index (χ0n) is 9.06. The van der Waals surface area contributed by atoms with Gasteiger partial charge in [0.1, 0.15) is 16.4 Å². The summed E-state index contributed by atoms with van der Waals surface area (Å²) in [6.07, 6.45) is 9.83. The third-order valence-electron chi connectivity index (χ3n) is 2.54. The van der Waals surface area contributed by atoms with Crippen LogP contribution in [0.1, 0.15) is 0 Å². The fourth-order valence-corrected chi connectivity index (χ4v) is 4.87. The lowest BCUT2D eigenvalue weighted by Crippen LogP contribution is -1.99. The van der Waals surface area contributed by atoms with Gasteiger partial charge in [-0.15, -0.1) is 0 Å². The Kier molecular flexibility index (Phi) is 2.78. The average molecular weight is 263 g/mol. The van der Waals surface area contributed by atoms with E-state index in [0.717, 1.165) is 15.7 Å². The fourth-order valence-electron chi connectivity index (χ4n) is 1.74. The molecule has 3 rings (SSSR count). The molecule has 0 fully saturated rings. The second kappa shape index (κ2) is 4.43. The fraction of sp³-hybridized carbons (Fsp3) is 0. The van der Waals surface area contributed by atoms with Crippen LogP contribution >= 0.6 is 21.8 Å². The lowest BCUT2D eigenvalue weighted by Gasteiger charge is -2.17. The molecular formula is C12H13N3S2. The van der Waals surface area contributed by atoms with Gasteiger partial charge in [0.2, 0.25) is 0 Å². The number of rotatable bonds is 2. The number of nitrogens with two attached hydrogens (primary N) is 1. The summed E-state index contributed by atoms with van der Waals surface area (Å²) in [5, 5.41) is 10.6. The van der Waals surface area contributed by atoms with Gasteiger partial charge in [0.25, 0.3) is 0 Å². The second-order valence-electron chi connectivity index (χ2n) is 3.62. The Morgan fingerprint density at radius 2 is 1.18 bits per heavy atom. The monoisotopic (exact) mass is 263 g/mol. The minimum atomic E-state index is -0.467. The largest absolute Gasteiger partial charge is 0.394 e. The molecule has 1 aromatic heterocycles. The summed E-state index contributed by atoms with van der Waals surface area (Å²) in [7, 11) is -0.933. The molecule has 88 valence electrons. The molecule has 0 unspecified atom stereocenters. The summed E-state index contributed by atoms with van der Waals surface area (Å²) in [5.74, 6) is 0. The number of hydrogen-bond donors (Lipinski definition) is 3. The van der Waals surface area contributed by atoms with Crippen molar-refractivity contribution >= 4 is 27.5 Å². The summed E-state index contributed by atoms with van der Waals surface area (Å²) >= 11 is 0. The number of nitrogen functional groups attached to an aromatic ring is 1. The highest BCUT2D eigenvalue weighted by Gasteiger charge is 2.16. The first-order valence-electron chi connectivity index (χ1n) is 5.23. The quantitative estimate of drug-likeness (QED) is 0.568. The van der Waals surface area contributed by atoms with Gasteiger partial charge in [-0.05, 0) is 21.6 Å². The maximum absolute atomic E-state index is 6.21. The Morgan fingerprint density at radius 1 is 0.765 bits per heavy atom. The van der Waals surface area contributed by atoms with Gasteiger partial charge in [0.05, 0.1) is 5.69 Å². The van der Waals surface area contributed by atoms with E-state index in [1.165, 1.54) is 0 Å². The van der Waals surface area contributed by atoms with Crippen molar-refractivity contribution in [2.24, 2.45) is 0 Å². The van der Waals surface area contributed by atoms with Crippen LogP contribution in [0.4, 0.5) is 5.69 Å². The lowest BCUT2D eigenvalue weighted by molar-refractivity contribution is 0.976. The van der Waals surface area contributed by atoms with Crippen molar-refractivity contribution in [2.75, 3.05) is 5.73 Å². The van der Waals surface area contributed by atoms with Crippen molar-refractivity contribution in [2.45, 2.75) is 10.1 Å². The van der Waals surface area contributed by atoms with Crippen LogP contribution in [0.25, 0.3) is 0 Å². The molecule has 2 N–H and O–H groups in total. The van der Waals surface area contributed by atoms with E-state index < -0.39 is 21.8 Å². The Balaban J connectivity index is 2.03. The Hall–Kier alpha value is -1.46. The van der Waals surface area contributed by atoms with Gasteiger partial charge in [-0.25, -0.2) is 9.97 Å². The highest BCUT2D eigenvalue weighted by molar-refractivity contribution is 8.23. The van der Waals surface area contributed by atoms with Crippen LogP contribution < -0.4 is 5.73 Å². The van der Waals surface area contributed by atoms with Crippen LogP contribution in [-0.4, -0.2) is 9.97 Å². The smallest absolute Gasteiger partial charge is 0.118 e. The van der Waals surface area contributed by atoms with Crippen LogP contribution in [0.15, 0.2) is 62.3 Å². The van der Waals surface area contributed by atoms with Gasteiger partial charge >= 0.3 is 0 Å². The molecule has 0 spiro atoms. The van der Waals surface area contributed by atoms with Crippen molar-refractivity contribution in [1.29, 1.82) is 0 Å². The van der Waals surface area contributed by atoms with Crippen molar-refractivity contribution < 1.29 is 0 Å². The first-order valence-corrected chi connectivity index (χ1v) is 8.19. The molecule has 0 radical (unpaired) electrons. The zero-order valence-corrected chi connectivity index (χ0v) is 10.9. The number of nitrogens with zero attached hydrogens (tertiary/aromatic N) is 2. The molecule has 0 saturated carbocycles. The number of allylic oxidation sites excluding steroid dienone is 4. The molecule has 0 aromatic carbocycles. The molecule has 3 heterocycles. The lowest BCUT2D eigenvalue weighted by atomic mass is 10.6. The van der Waals surface area contributed by atoms with E-state index in [2.05, 4.69) is 31.6 Å². The summed E-state index contributed by atoms with van der Waals surface area (Å²) in [5.41, 5.74) is 6.98. The molecule has 2 aliphatic heterocycles. The highest BCUT2D eigenvalue weighted by atomic mass is 32.2. The molecule has 0 atom stereocenters. The third kappa shape index (κ3) is 1.92. The van der Waals surface area contributed by atoms with Crippen LogP contribution in [0, 0.1) is 0 Å². The number of thiol groups is 2. The molecule has 17 heavy (non-hydrogen) atoms. The van der Waals surface area contributed by atoms with Gasteiger partial charge < -0.3 is 5.73 Å². The van der Waals surface area contributed by atoms with Gasteiger partial charge in [0.15, 0.2) is 0 Å². The Bertz CT molecular complexity index is 491. The normalized spacial score (nSPS) is 20.7. The van der Waals surface area contributed by atoms with E-state index in [1.807, 2.05) is 24.3 Å². The first-order chi connectivity index (χ1) is 8.36. The minimum Gasteiger partial charge on any atom is -0.394 e. The van der Waals surface area contributed by atoms with Gasteiger partial charge in [0, 0.05) is 0 Å². The number of anilines is 1. The summed E-state index contributed by atoms with van der Waals surface area (Å²) in [6.45, 7) is 0. The summed E-state index contributed by atoms with van der Waals surface area (Å²) < 4.78 is 0. The van der Waals surface area contributed by atoms with E-state index in [1.54, 1.807) is 6.33 Å². The summed E-state index contributed by atoms with van der Waals surface area (Å²) in [6, 6.07) is 0. The number of aromatic nitrogens is 2. The summed E-state index contributed by atoms with van der Waals surface area (Å²) in [4.78, 5) is 8.69. The van der Waals surface area contributed by atoms with E-state index >= 15 is 0 Å². The maximum Gasteiger partial charge on any atom is 0.118 e. The zero-order chi connectivity index (χ0) is 11.7. The molecule has 0 saturated heterocycles. The molecule has 3 nitrogen and oxygen atoms in total. The van der Waals surface area contributed by atoms with Crippen LogP contribution in [0.3, 0.4) is 0 Å². The minimum absolute atomic E-state index is 0.467. The van der Waals surface area contributed by atoms with Crippen molar-refractivity contribution in [3.8, 4) is 0 Å².